The van der Waals surface area contributed by atoms with E-state index >= 15 is 0 Å². The van der Waals surface area contributed by atoms with E-state index in [9.17, 15) is 4.79 Å². The van der Waals surface area contributed by atoms with Crippen molar-refractivity contribution in [2.24, 2.45) is 0 Å². The average molecular weight is 233 g/mol. The minimum Gasteiger partial charge on any atom is -0.480 e. The number of aliphatic carboxylic acids is 1. The summed E-state index contributed by atoms with van der Waals surface area (Å²) >= 11 is 0. The van der Waals surface area contributed by atoms with E-state index in [2.05, 4.69) is 20.3 Å². The van der Waals surface area contributed by atoms with Crippen molar-refractivity contribution < 1.29 is 14.5 Å². The molecule has 17 heavy (non-hydrogen) atoms. The van der Waals surface area contributed by atoms with Crippen molar-refractivity contribution in [2.45, 2.75) is 13.0 Å². The predicted octanol–water partition coefficient (Wildman–Crippen LogP) is 1.62. The first-order valence-corrected chi connectivity index (χ1v) is 5.06. The number of aromatic nitrogens is 2. The molecule has 6 heteroatoms. The largest absolute Gasteiger partial charge is 0.480 e. The van der Waals surface area contributed by atoms with E-state index < -0.39 is 12.0 Å². The number of rotatable bonds is 4. The monoisotopic (exact) mass is 233 g/mol. The van der Waals surface area contributed by atoms with Gasteiger partial charge in [-0.3, -0.25) is 4.79 Å². The smallest absolute Gasteiger partial charge is 0.325 e. The highest BCUT2D eigenvalue weighted by Gasteiger charge is 2.17. The van der Waals surface area contributed by atoms with Gasteiger partial charge in [0, 0.05) is 5.56 Å². The molecule has 0 saturated heterocycles. The van der Waals surface area contributed by atoms with Crippen LogP contribution in [0.5, 0.6) is 0 Å². The third kappa shape index (κ3) is 2.41. The summed E-state index contributed by atoms with van der Waals surface area (Å²) in [6.07, 6.45) is 0. The van der Waals surface area contributed by atoms with E-state index in [-0.39, 0.29) is 0 Å². The van der Waals surface area contributed by atoms with E-state index in [0.29, 0.717) is 11.5 Å². The maximum Gasteiger partial charge on any atom is 0.325 e. The second-order valence-corrected chi connectivity index (χ2v) is 3.53. The summed E-state index contributed by atoms with van der Waals surface area (Å²) in [4.78, 5) is 10.7. The average Bonchev–Trinajstić information content (AvgIpc) is 2.78. The lowest BCUT2D eigenvalue weighted by atomic mass is 10.1. The fraction of sp³-hybridized carbons (Fsp3) is 0.182. The fourth-order valence-corrected chi connectivity index (χ4v) is 1.34. The van der Waals surface area contributed by atoms with Crippen molar-refractivity contribution in [3.05, 3.63) is 30.3 Å². The third-order valence-corrected chi connectivity index (χ3v) is 2.26. The Labute approximate surface area is 97.2 Å². The molecular formula is C11H11N3O3. The Bertz CT molecular complexity index is 510. The molecule has 0 amide bonds. The first-order valence-electron chi connectivity index (χ1n) is 5.06. The van der Waals surface area contributed by atoms with Gasteiger partial charge < -0.3 is 10.4 Å². The van der Waals surface area contributed by atoms with Gasteiger partial charge in [-0.2, -0.15) is 0 Å². The predicted molar refractivity (Wildman–Crippen MR) is 60.5 cm³/mol. The molecule has 0 aliphatic heterocycles. The molecule has 2 aromatic rings. The van der Waals surface area contributed by atoms with E-state index in [1.165, 1.54) is 6.92 Å². The van der Waals surface area contributed by atoms with Crippen LogP contribution in [0.4, 0.5) is 5.82 Å². The molecule has 0 saturated carbocycles. The molecule has 6 nitrogen and oxygen atoms in total. The Balaban J connectivity index is 2.26. The lowest BCUT2D eigenvalue weighted by Gasteiger charge is -2.07. The Morgan fingerprint density at radius 3 is 2.71 bits per heavy atom. The van der Waals surface area contributed by atoms with E-state index in [1.54, 1.807) is 0 Å². The maximum absolute atomic E-state index is 10.7. The fourth-order valence-electron chi connectivity index (χ4n) is 1.34. The van der Waals surface area contributed by atoms with E-state index in [1.807, 2.05) is 30.3 Å². The molecule has 0 fully saturated rings. The minimum absolute atomic E-state index is 0.325. The number of carboxylic acids is 1. The van der Waals surface area contributed by atoms with Gasteiger partial charge in [0.25, 0.3) is 0 Å². The van der Waals surface area contributed by atoms with Gasteiger partial charge in [0.1, 0.15) is 6.04 Å². The number of benzene rings is 1. The second-order valence-electron chi connectivity index (χ2n) is 3.53. The number of carboxylic acid groups (broad SMARTS) is 1. The zero-order valence-corrected chi connectivity index (χ0v) is 9.12. The van der Waals surface area contributed by atoms with Crippen LogP contribution in [-0.4, -0.2) is 27.4 Å². The zero-order valence-electron chi connectivity index (χ0n) is 9.12. The molecule has 1 heterocycles. The van der Waals surface area contributed by atoms with Crippen LogP contribution in [0.1, 0.15) is 6.92 Å². The summed E-state index contributed by atoms with van der Waals surface area (Å²) < 4.78 is 4.63. The van der Waals surface area contributed by atoms with Gasteiger partial charge in [-0.25, -0.2) is 4.63 Å². The van der Waals surface area contributed by atoms with E-state index in [4.69, 9.17) is 5.11 Å². The molecule has 1 atom stereocenters. The highest BCUT2D eigenvalue weighted by atomic mass is 16.6. The van der Waals surface area contributed by atoms with Crippen LogP contribution in [0.25, 0.3) is 11.3 Å². The number of nitrogens with one attached hydrogen (secondary N) is 1. The third-order valence-electron chi connectivity index (χ3n) is 2.26. The Kier molecular flexibility index (Phi) is 3.04. The zero-order chi connectivity index (χ0) is 12.3. The SMILES string of the molecule is C[C@H](Nc1nonc1-c1ccccc1)C(=O)O. The van der Waals surface area contributed by atoms with Crippen LogP contribution in [0.2, 0.25) is 0 Å². The molecule has 0 spiro atoms. The van der Waals surface area contributed by atoms with Crippen molar-refractivity contribution in [3.63, 3.8) is 0 Å². The van der Waals surface area contributed by atoms with Crippen molar-refractivity contribution in [1.29, 1.82) is 0 Å². The van der Waals surface area contributed by atoms with Gasteiger partial charge in [-0.1, -0.05) is 30.3 Å². The van der Waals surface area contributed by atoms with Gasteiger partial charge >= 0.3 is 5.97 Å². The molecular weight excluding hydrogens is 222 g/mol. The maximum atomic E-state index is 10.7. The number of nitrogens with zero attached hydrogens (tertiary/aromatic N) is 2. The van der Waals surface area contributed by atoms with Crippen molar-refractivity contribution >= 4 is 11.8 Å². The summed E-state index contributed by atoms with van der Waals surface area (Å²) in [6.45, 7) is 1.52. The first-order chi connectivity index (χ1) is 8.18. The van der Waals surface area contributed by atoms with Crippen molar-refractivity contribution in [2.75, 3.05) is 5.32 Å². The molecule has 0 bridgehead atoms. The van der Waals surface area contributed by atoms with Crippen LogP contribution in [-0.2, 0) is 4.79 Å². The second kappa shape index (κ2) is 4.65. The number of hydrogen-bond acceptors (Lipinski definition) is 5. The van der Waals surface area contributed by atoms with Gasteiger partial charge in [-0.05, 0) is 17.2 Å². The molecule has 0 aliphatic carbocycles. The van der Waals surface area contributed by atoms with Gasteiger partial charge in [0.05, 0.1) is 0 Å². The Morgan fingerprint density at radius 2 is 2.06 bits per heavy atom. The summed E-state index contributed by atoms with van der Waals surface area (Å²) in [7, 11) is 0. The molecule has 0 radical (unpaired) electrons. The normalized spacial score (nSPS) is 12.1. The molecule has 1 aromatic carbocycles. The van der Waals surface area contributed by atoms with Crippen LogP contribution in [0.3, 0.4) is 0 Å². The summed E-state index contributed by atoms with van der Waals surface area (Å²) in [5, 5.41) is 18.9. The van der Waals surface area contributed by atoms with Crippen LogP contribution in [0.15, 0.2) is 35.0 Å². The first kappa shape index (κ1) is 11.1. The van der Waals surface area contributed by atoms with Gasteiger partial charge in [-0.15, -0.1) is 0 Å². The van der Waals surface area contributed by atoms with Crippen molar-refractivity contribution in [3.8, 4) is 11.3 Å². The lowest BCUT2D eigenvalue weighted by Crippen LogP contribution is -2.25. The van der Waals surface area contributed by atoms with Gasteiger partial charge in [0.15, 0.2) is 11.5 Å². The molecule has 1 aromatic heterocycles. The quantitative estimate of drug-likeness (QED) is 0.834. The summed E-state index contributed by atoms with van der Waals surface area (Å²) in [5.41, 5.74) is 1.31. The van der Waals surface area contributed by atoms with Crippen LogP contribution < -0.4 is 5.32 Å². The molecule has 2 N–H and O–H groups in total. The highest BCUT2D eigenvalue weighted by molar-refractivity contribution is 5.79. The number of anilines is 1. The topological polar surface area (TPSA) is 88.3 Å². The summed E-state index contributed by atoms with van der Waals surface area (Å²) in [5.74, 6) is -0.641. The molecule has 0 unspecified atom stereocenters. The minimum atomic E-state index is -0.966. The standard InChI is InChI=1S/C11H11N3O3/c1-7(11(15)16)12-10-9(13-17-14-10)8-5-3-2-4-6-8/h2-7H,1H3,(H,12,14)(H,15,16)/t7-/m0/s1. The van der Waals surface area contributed by atoms with E-state index in [0.717, 1.165) is 5.56 Å². The van der Waals surface area contributed by atoms with Crippen LogP contribution >= 0.6 is 0 Å². The number of hydrogen-bond donors (Lipinski definition) is 2. The van der Waals surface area contributed by atoms with Crippen LogP contribution in [0, 0.1) is 0 Å². The molecule has 0 aliphatic rings. The number of carbonyl (C=O) groups is 1. The summed E-state index contributed by atoms with van der Waals surface area (Å²) in [6, 6.07) is 8.52. The van der Waals surface area contributed by atoms with Gasteiger partial charge in [0.2, 0.25) is 0 Å². The Morgan fingerprint density at radius 1 is 1.35 bits per heavy atom. The Hall–Kier alpha value is -2.37. The lowest BCUT2D eigenvalue weighted by molar-refractivity contribution is -0.137. The molecule has 88 valence electrons. The highest BCUT2D eigenvalue weighted by Crippen LogP contribution is 2.24. The molecule has 2 rings (SSSR count). The van der Waals surface area contributed by atoms with Crippen molar-refractivity contribution in [1.82, 2.24) is 10.3 Å².